The van der Waals surface area contributed by atoms with Crippen molar-refractivity contribution in [2.24, 2.45) is 0 Å². The molecule has 0 radical (unpaired) electrons. The Morgan fingerprint density at radius 3 is 2.42 bits per heavy atom. The van der Waals surface area contributed by atoms with Gasteiger partial charge >= 0.3 is 6.18 Å². The topological polar surface area (TPSA) is 73.4 Å². The van der Waals surface area contributed by atoms with Crippen molar-refractivity contribution in [3.05, 3.63) is 82.9 Å². The summed E-state index contributed by atoms with van der Waals surface area (Å²) in [5.41, 5.74) is 2.83. The zero-order valence-electron chi connectivity index (χ0n) is 20.3. The third-order valence-electron chi connectivity index (χ3n) is 6.23. The fourth-order valence-corrected chi connectivity index (χ4v) is 4.08. The number of hydrogen-bond donors (Lipinski definition) is 2. The van der Waals surface area contributed by atoms with Crippen LogP contribution < -0.4 is 10.6 Å². The normalized spacial score (nSPS) is 15.0. The van der Waals surface area contributed by atoms with Crippen molar-refractivity contribution in [2.45, 2.75) is 26.2 Å². The molecule has 0 spiro atoms. The van der Waals surface area contributed by atoms with Crippen LogP contribution in [0.3, 0.4) is 0 Å². The number of aromatic nitrogens is 2. The number of nitrogens with zero attached hydrogens (tertiary/aromatic N) is 4. The molecule has 0 bridgehead atoms. The Labute approximate surface area is 208 Å². The smallest absolute Gasteiger partial charge is 0.378 e. The average molecular weight is 499 g/mol. The van der Waals surface area contributed by atoms with E-state index in [0.717, 1.165) is 55.1 Å². The Balaban J connectivity index is 1.50. The minimum atomic E-state index is -4.51. The number of nitrogens with one attached hydrogen (secondary N) is 2. The monoisotopic (exact) mass is 498 g/mol. The Morgan fingerprint density at radius 2 is 1.72 bits per heavy atom. The second-order valence-corrected chi connectivity index (χ2v) is 9.07. The lowest BCUT2D eigenvalue weighted by molar-refractivity contribution is -0.137. The first-order valence-electron chi connectivity index (χ1n) is 11.7. The second-order valence-electron chi connectivity index (χ2n) is 9.07. The molecule has 2 N–H and O–H groups in total. The van der Waals surface area contributed by atoms with E-state index in [4.69, 9.17) is 0 Å². The molecule has 10 heteroatoms. The summed E-state index contributed by atoms with van der Waals surface area (Å²) in [6.07, 6.45) is 0.214. The van der Waals surface area contributed by atoms with Gasteiger partial charge in [-0.15, -0.1) is 0 Å². The lowest BCUT2D eigenvalue weighted by Gasteiger charge is -2.32. The number of anilines is 2. The number of carbonyl (C=O) groups excluding carboxylic acids is 1. The molecule has 0 unspecified atom stereocenters. The molecule has 1 aliphatic rings. The van der Waals surface area contributed by atoms with Gasteiger partial charge in [-0.2, -0.15) is 13.2 Å². The van der Waals surface area contributed by atoms with Gasteiger partial charge in [0.05, 0.1) is 23.6 Å². The van der Waals surface area contributed by atoms with Crippen LogP contribution in [0.25, 0.3) is 0 Å². The van der Waals surface area contributed by atoms with Crippen molar-refractivity contribution in [3.63, 3.8) is 0 Å². The predicted octanol–water partition coefficient (Wildman–Crippen LogP) is 4.42. The van der Waals surface area contributed by atoms with Crippen molar-refractivity contribution in [3.8, 4) is 0 Å². The summed E-state index contributed by atoms with van der Waals surface area (Å²) in [7, 11) is 2.03. The molecule has 4 rings (SSSR count). The zero-order chi connectivity index (χ0) is 25.7. The third-order valence-corrected chi connectivity index (χ3v) is 6.23. The van der Waals surface area contributed by atoms with E-state index in [9.17, 15) is 18.0 Å². The number of halogens is 3. The van der Waals surface area contributed by atoms with Crippen LogP contribution in [0.2, 0.25) is 0 Å². The third kappa shape index (κ3) is 6.79. The maximum atomic E-state index is 13.6. The van der Waals surface area contributed by atoms with Gasteiger partial charge in [-0.3, -0.25) is 9.69 Å². The van der Waals surface area contributed by atoms with Gasteiger partial charge in [0.2, 0.25) is 0 Å². The number of aryl methyl sites for hydroxylation is 1. The highest BCUT2D eigenvalue weighted by Gasteiger charge is 2.31. The maximum absolute atomic E-state index is 13.6. The van der Waals surface area contributed by atoms with Gasteiger partial charge < -0.3 is 15.5 Å². The van der Waals surface area contributed by atoms with E-state index in [1.165, 1.54) is 6.33 Å². The first-order valence-corrected chi connectivity index (χ1v) is 11.7. The highest BCUT2D eigenvalue weighted by Crippen LogP contribution is 2.32. The Hall–Kier alpha value is -3.50. The van der Waals surface area contributed by atoms with Crippen LogP contribution in [0, 0.1) is 6.92 Å². The maximum Gasteiger partial charge on any atom is 0.416 e. The number of benzene rings is 2. The fourth-order valence-electron chi connectivity index (χ4n) is 4.08. The van der Waals surface area contributed by atoms with E-state index in [0.29, 0.717) is 24.2 Å². The van der Waals surface area contributed by atoms with E-state index < -0.39 is 17.6 Å². The van der Waals surface area contributed by atoms with Gasteiger partial charge in [0.1, 0.15) is 6.33 Å². The molecule has 1 amide bonds. The molecule has 7 nitrogen and oxygen atoms in total. The molecule has 36 heavy (non-hydrogen) atoms. The molecule has 2 aromatic carbocycles. The summed E-state index contributed by atoms with van der Waals surface area (Å²) < 4.78 is 40.8. The molecule has 190 valence electrons. The van der Waals surface area contributed by atoms with Crippen molar-refractivity contribution >= 4 is 17.3 Å². The van der Waals surface area contributed by atoms with E-state index in [1.807, 2.05) is 20.0 Å². The van der Waals surface area contributed by atoms with Gasteiger partial charge in [-0.25, -0.2) is 9.97 Å². The molecule has 2 heterocycles. The number of likely N-dealkylation sites (N-methyl/N-ethyl adjacent to an activating group) is 1. The number of alkyl halides is 3. The largest absolute Gasteiger partial charge is 0.416 e. The molecule has 1 saturated heterocycles. The van der Waals surface area contributed by atoms with Crippen LogP contribution in [0.4, 0.5) is 24.5 Å². The summed E-state index contributed by atoms with van der Waals surface area (Å²) in [6, 6.07) is 8.99. The quantitative estimate of drug-likeness (QED) is 0.503. The minimum absolute atomic E-state index is 0.126. The Morgan fingerprint density at radius 1 is 1.00 bits per heavy atom. The highest BCUT2D eigenvalue weighted by atomic mass is 19.4. The van der Waals surface area contributed by atoms with Gasteiger partial charge in [0.15, 0.2) is 0 Å². The van der Waals surface area contributed by atoms with Crippen molar-refractivity contribution in [1.82, 2.24) is 19.8 Å². The Kier molecular flexibility index (Phi) is 7.85. The predicted molar refractivity (Wildman–Crippen MR) is 133 cm³/mol. The van der Waals surface area contributed by atoms with E-state index in [1.54, 1.807) is 30.6 Å². The number of piperazine rings is 1. The molecule has 1 aliphatic heterocycles. The summed E-state index contributed by atoms with van der Waals surface area (Å²) in [5.74, 6) is -0.468. The standard InChI is InChI=1S/C26H29F3N6O/c1-18-3-4-20(11-21(18)13-32-24-14-30-17-31-15-24)25(36)33-23-10-19(9-22(12-23)26(27,28)29)16-35-7-5-34(2)6-8-35/h3-4,9-12,14-15,17,32H,5-8,13,16H2,1-2H3,(H,33,36). The van der Waals surface area contributed by atoms with Gasteiger partial charge in [-0.1, -0.05) is 6.07 Å². The van der Waals surface area contributed by atoms with Crippen LogP contribution in [0.1, 0.15) is 32.6 Å². The van der Waals surface area contributed by atoms with Crippen molar-refractivity contribution in [2.75, 3.05) is 43.9 Å². The number of carbonyl (C=O) groups is 1. The molecular formula is C26H29F3N6O. The molecule has 1 fully saturated rings. The molecule has 1 aromatic heterocycles. The Bertz CT molecular complexity index is 1190. The van der Waals surface area contributed by atoms with Crippen LogP contribution in [0.5, 0.6) is 0 Å². The lowest BCUT2D eigenvalue weighted by atomic mass is 10.0. The van der Waals surface area contributed by atoms with Crippen LogP contribution in [-0.2, 0) is 19.3 Å². The number of rotatable bonds is 7. The van der Waals surface area contributed by atoms with Crippen molar-refractivity contribution in [1.29, 1.82) is 0 Å². The van der Waals surface area contributed by atoms with E-state index in [-0.39, 0.29) is 5.69 Å². The molecular weight excluding hydrogens is 469 g/mol. The van der Waals surface area contributed by atoms with Crippen molar-refractivity contribution < 1.29 is 18.0 Å². The average Bonchev–Trinajstić information content (AvgIpc) is 2.85. The van der Waals surface area contributed by atoms with Crippen LogP contribution >= 0.6 is 0 Å². The molecule has 3 aromatic rings. The highest BCUT2D eigenvalue weighted by molar-refractivity contribution is 6.04. The van der Waals surface area contributed by atoms with E-state index >= 15 is 0 Å². The first-order chi connectivity index (χ1) is 17.2. The SMILES string of the molecule is Cc1ccc(C(=O)Nc2cc(CN3CCN(C)CC3)cc(C(F)(F)F)c2)cc1CNc1cncnc1. The number of amides is 1. The zero-order valence-corrected chi connectivity index (χ0v) is 20.3. The summed E-state index contributed by atoms with van der Waals surface area (Å²) in [5, 5.41) is 5.87. The van der Waals surface area contributed by atoms with E-state index in [2.05, 4.69) is 30.4 Å². The first kappa shape index (κ1) is 25.6. The molecule has 0 saturated carbocycles. The van der Waals surface area contributed by atoms with Crippen LogP contribution in [-0.4, -0.2) is 58.9 Å². The minimum Gasteiger partial charge on any atom is -0.378 e. The van der Waals surface area contributed by atoms with Gasteiger partial charge in [0, 0.05) is 50.5 Å². The number of hydrogen-bond acceptors (Lipinski definition) is 6. The lowest BCUT2D eigenvalue weighted by Crippen LogP contribution is -2.43. The van der Waals surface area contributed by atoms with Crippen LogP contribution in [0.15, 0.2) is 55.1 Å². The molecule has 0 atom stereocenters. The second kappa shape index (κ2) is 11.0. The van der Waals surface area contributed by atoms with Gasteiger partial charge in [-0.05, 0) is 61.0 Å². The van der Waals surface area contributed by atoms with Gasteiger partial charge in [0.25, 0.3) is 5.91 Å². The molecule has 0 aliphatic carbocycles. The summed E-state index contributed by atoms with van der Waals surface area (Å²) >= 11 is 0. The fraction of sp³-hybridized carbons (Fsp3) is 0.346. The summed E-state index contributed by atoms with van der Waals surface area (Å²) in [6.45, 7) is 6.06. The summed E-state index contributed by atoms with van der Waals surface area (Å²) in [4.78, 5) is 25.2.